The Hall–Kier alpha value is -2.05. The Bertz CT molecular complexity index is 397. The molecule has 1 aromatic rings. The summed E-state index contributed by atoms with van der Waals surface area (Å²) in [6.45, 7) is 5.30. The Labute approximate surface area is 106 Å². The van der Waals surface area contributed by atoms with E-state index in [-0.39, 0.29) is 5.91 Å². The van der Waals surface area contributed by atoms with Crippen LogP contribution in [0, 0.1) is 0 Å². The number of anilines is 2. The van der Waals surface area contributed by atoms with Gasteiger partial charge in [0.25, 0.3) is 0 Å². The first-order chi connectivity index (χ1) is 8.69. The van der Waals surface area contributed by atoms with Gasteiger partial charge < -0.3 is 21.1 Å². The first-order valence-electron chi connectivity index (χ1n) is 5.92. The van der Waals surface area contributed by atoms with Gasteiger partial charge in [0.2, 0.25) is 11.8 Å². The van der Waals surface area contributed by atoms with E-state index in [1.54, 1.807) is 0 Å². The Morgan fingerprint density at radius 1 is 1.44 bits per heavy atom. The van der Waals surface area contributed by atoms with Gasteiger partial charge in [0.15, 0.2) is 5.82 Å². The van der Waals surface area contributed by atoms with Gasteiger partial charge in [0.1, 0.15) is 12.0 Å². The summed E-state index contributed by atoms with van der Waals surface area (Å²) in [4.78, 5) is 19.2. The van der Waals surface area contributed by atoms with E-state index < -0.39 is 0 Å². The van der Waals surface area contributed by atoms with Crippen molar-refractivity contribution in [3.8, 4) is 5.88 Å². The number of nitrogen functional groups attached to an aromatic ring is 1. The zero-order valence-corrected chi connectivity index (χ0v) is 10.7. The van der Waals surface area contributed by atoms with Crippen LogP contribution in [0.2, 0.25) is 0 Å². The van der Waals surface area contributed by atoms with Crippen molar-refractivity contribution in [3.63, 3.8) is 0 Å². The van der Waals surface area contributed by atoms with E-state index in [1.807, 2.05) is 13.8 Å². The lowest BCUT2D eigenvalue weighted by molar-refractivity contribution is -0.120. The number of carbonyl (C=O) groups is 1. The van der Waals surface area contributed by atoms with Crippen LogP contribution in [-0.2, 0) is 4.79 Å². The second kappa shape index (κ2) is 7.31. The Morgan fingerprint density at radius 3 is 2.89 bits per heavy atom. The maximum Gasteiger partial charge on any atom is 0.242 e. The van der Waals surface area contributed by atoms with Crippen molar-refractivity contribution in [2.24, 2.45) is 0 Å². The molecule has 7 nitrogen and oxygen atoms in total. The van der Waals surface area contributed by atoms with Crippen LogP contribution in [0.3, 0.4) is 0 Å². The number of hydrogen-bond acceptors (Lipinski definition) is 6. The number of aromatic nitrogens is 2. The van der Waals surface area contributed by atoms with Gasteiger partial charge in [-0.15, -0.1) is 0 Å². The predicted octanol–water partition coefficient (Wildman–Crippen LogP) is 0.396. The fourth-order valence-corrected chi connectivity index (χ4v) is 1.35. The molecule has 4 N–H and O–H groups in total. The van der Waals surface area contributed by atoms with Crippen LogP contribution in [0.25, 0.3) is 0 Å². The summed E-state index contributed by atoms with van der Waals surface area (Å²) in [7, 11) is 0. The van der Waals surface area contributed by atoms with Crippen LogP contribution >= 0.6 is 0 Å². The maximum absolute atomic E-state index is 11.2. The van der Waals surface area contributed by atoms with Gasteiger partial charge in [-0.25, -0.2) is 4.98 Å². The van der Waals surface area contributed by atoms with Gasteiger partial charge in [0.05, 0.1) is 6.61 Å². The maximum atomic E-state index is 11.2. The molecule has 0 unspecified atom stereocenters. The van der Waals surface area contributed by atoms with E-state index in [4.69, 9.17) is 10.5 Å². The normalized spacial score (nSPS) is 9.89. The molecule has 1 aromatic heterocycles. The van der Waals surface area contributed by atoms with Crippen molar-refractivity contribution < 1.29 is 9.53 Å². The zero-order valence-electron chi connectivity index (χ0n) is 10.7. The zero-order chi connectivity index (χ0) is 13.4. The van der Waals surface area contributed by atoms with Crippen molar-refractivity contribution in [2.45, 2.75) is 20.3 Å². The van der Waals surface area contributed by atoms with Crippen molar-refractivity contribution in [1.82, 2.24) is 15.3 Å². The SMILES string of the molecule is CCNC(=O)CCNc1ncnc(OCC)c1N. The van der Waals surface area contributed by atoms with Crippen LogP contribution in [0.4, 0.5) is 11.5 Å². The van der Waals surface area contributed by atoms with Gasteiger partial charge in [-0.3, -0.25) is 4.79 Å². The van der Waals surface area contributed by atoms with Crippen molar-refractivity contribution >= 4 is 17.4 Å². The fraction of sp³-hybridized carbons (Fsp3) is 0.545. The van der Waals surface area contributed by atoms with Gasteiger partial charge in [0, 0.05) is 19.5 Å². The number of amides is 1. The smallest absolute Gasteiger partial charge is 0.242 e. The third-order valence-corrected chi connectivity index (χ3v) is 2.15. The Balaban J connectivity index is 2.52. The minimum absolute atomic E-state index is 0.0114. The number of ether oxygens (including phenoxy) is 1. The molecule has 0 saturated carbocycles. The highest BCUT2D eigenvalue weighted by Crippen LogP contribution is 2.24. The number of nitrogens with two attached hydrogens (primary N) is 1. The summed E-state index contributed by atoms with van der Waals surface area (Å²) in [5, 5.41) is 5.69. The molecule has 100 valence electrons. The molecule has 0 radical (unpaired) electrons. The predicted molar refractivity (Wildman–Crippen MR) is 69.4 cm³/mol. The van der Waals surface area contributed by atoms with E-state index in [0.717, 1.165) is 0 Å². The molecule has 1 rings (SSSR count). The highest BCUT2D eigenvalue weighted by atomic mass is 16.5. The van der Waals surface area contributed by atoms with E-state index in [9.17, 15) is 4.79 Å². The molecule has 1 heterocycles. The van der Waals surface area contributed by atoms with Crippen molar-refractivity contribution in [2.75, 3.05) is 30.7 Å². The lowest BCUT2D eigenvalue weighted by Gasteiger charge is -2.10. The molecule has 1 amide bonds. The van der Waals surface area contributed by atoms with E-state index >= 15 is 0 Å². The summed E-state index contributed by atoms with van der Waals surface area (Å²) < 4.78 is 5.25. The van der Waals surface area contributed by atoms with Gasteiger partial charge in [-0.1, -0.05) is 0 Å². The van der Waals surface area contributed by atoms with Gasteiger partial charge >= 0.3 is 0 Å². The molecule has 0 aliphatic carbocycles. The Morgan fingerprint density at radius 2 is 2.22 bits per heavy atom. The van der Waals surface area contributed by atoms with Crippen LogP contribution < -0.4 is 21.1 Å². The average Bonchev–Trinajstić information content (AvgIpc) is 2.34. The van der Waals surface area contributed by atoms with Crippen molar-refractivity contribution in [3.05, 3.63) is 6.33 Å². The number of rotatable bonds is 7. The molecule has 7 heteroatoms. The van der Waals surface area contributed by atoms with Gasteiger partial charge in [-0.2, -0.15) is 4.98 Å². The summed E-state index contributed by atoms with van der Waals surface area (Å²) in [5.41, 5.74) is 6.19. The lowest BCUT2D eigenvalue weighted by atomic mass is 10.3. The Kier molecular flexibility index (Phi) is 5.69. The molecule has 0 fully saturated rings. The molecule has 0 atom stereocenters. The fourth-order valence-electron chi connectivity index (χ4n) is 1.35. The standard InChI is InChI=1S/C11H19N5O2/c1-3-13-8(17)5-6-14-10-9(12)11(18-4-2)16-7-15-10/h7H,3-6,12H2,1-2H3,(H,13,17)(H,14,15,16). The number of hydrogen-bond donors (Lipinski definition) is 3. The molecular weight excluding hydrogens is 234 g/mol. The quantitative estimate of drug-likeness (QED) is 0.650. The van der Waals surface area contributed by atoms with Gasteiger partial charge in [-0.05, 0) is 13.8 Å². The number of carbonyl (C=O) groups excluding carboxylic acids is 1. The monoisotopic (exact) mass is 253 g/mol. The minimum Gasteiger partial charge on any atom is -0.476 e. The molecule has 0 aliphatic rings. The number of nitrogens with one attached hydrogen (secondary N) is 2. The minimum atomic E-state index is -0.0114. The second-order valence-electron chi connectivity index (χ2n) is 3.50. The van der Waals surface area contributed by atoms with Crippen LogP contribution in [0.15, 0.2) is 6.33 Å². The third-order valence-electron chi connectivity index (χ3n) is 2.15. The number of nitrogens with zero attached hydrogens (tertiary/aromatic N) is 2. The topological polar surface area (TPSA) is 102 Å². The largest absolute Gasteiger partial charge is 0.476 e. The summed E-state index contributed by atoms with van der Waals surface area (Å²) in [6, 6.07) is 0. The molecule has 0 saturated heterocycles. The summed E-state index contributed by atoms with van der Waals surface area (Å²) in [6.07, 6.45) is 1.73. The molecule has 0 aliphatic heterocycles. The van der Waals surface area contributed by atoms with E-state index in [0.29, 0.717) is 43.5 Å². The molecular formula is C11H19N5O2. The molecule has 18 heavy (non-hydrogen) atoms. The second-order valence-corrected chi connectivity index (χ2v) is 3.50. The molecule has 0 aromatic carbocycles. The first kappa shape index (κ1) is 14.0. The van der Waals surface area contributed by atoms with E-state index in [2.05, 4.69) is 20.6 Å². The third kappa shape index (κ3) is 4.08. The van der Waals surface area contributed by atoms with Crippen molar-refractivity contribution in [1.29, 1.82) is 0 Å². The van der Waals surface area contributed by atoms with Crippen LogP contribution in [0.1, 0.15) is 20.3 Å². The highest BCUT2D eigenvalue weighted by Gasteiger charge is 2.08. The van der Waals surface area contributed by atoms with Crippen LogP contribution in [-0.4, -0.2) is 35.6 Å². The highest BCUT2D eigenvalue weighted by molar-refractivity contribution is 5.76. The van der Waals surface area contributed by atoms with Crippen LogP contribution in [0.5, 0.6) is 5.88 Å². The van der Waals surface area contributed by atoms with E-state index in [1.165, 1.54) is 6.33 Å². The molecule has 0 bridgehead atoms. The lowest BCUT2D eigenvalue weighted by Crippen LogP contribution is -2.25. The summed E-state index contributed by atoms with van der Waals surface area (Å²) in [5.74, 6) is 0.827. The first-order valence-corrected chi connectivity index (χ1v) is 5.92. The summed E-state index contributed by atoms with van der Waals surface area (Å²) >= 11 is 0. The molecule has 0 spiro atoms. The average molecular weight is 253 g/mol.